The zero-order valence-corrected chi connectivity index (χ0v) is 31.8. The molecule has 0 aliphatic rings. The van der Waals surface area contributed by atoms with E-state index in [4.69, 9.17) is 9.47 Å². The molecular formula is C40H61N3O6. The third-order valence-electron chi connectivity index (χ3n) is 8.10. The van der Waals surface area contributed by atoms with E-state index in [9.17, 15) is 19.2 Å². The Labute approximate surface area is 294 Å². The summed E-state index contributed by atoms with van der Waals surface area (Å²) in [6, 6.07) is 12.2. The first-order valence-electron chi connectivity index (χ1n) is 17.8. The lowest BCUT2D eigenvalue weighted by molar-refractivity contribution is -0.159. The smallest absolute Gasteiger partial charge is 0.408 e. The first kappa shape index (κ1) is 41.3. The topological polar surface area (TPSA) is 114 Å². The van der Waals surface area contributed by atoms with Crippen LogP contribution in [-0.4, -0.2) is 58.6 Å². The Bertz CT molecular complexity index is 1360. The molecule has 9 nitrogen and oxygen atoms in total. The summed E-state index contributed by atoms with van der Waals surface area (Å²) in [7, 11) is 0. The second-order valence-electron chi connectivity index (χ2n) is 15.2. The summed E-state index contributed by atoms with van der Waals surface area (Å²) < 4.78 is 11.3. The summed E-state index contributed by atoms with van der Waals surface area (Å²) in [5.74, 6) is -1.70. The van der Waals surface area contributed by atoms with Gasteiger partial charge in [0.05, 0.1) is 0 Å². The minimum Gasteiger partial charge on any atom is -0.458 e. The van der Waals surface area contributed by atoms with E-state index in [1.807, 2.05) is 76.2 Å². The monoisotopic (exact) mass is 679 g/mol. The van der Waals surface area contributed by atoms with E-state index in [2.05, 4.69) is 17.6 Å². The van der Waals surface area contributed by atoms with Crippen LogP contribution in [0.3, 0.4) is 0 Å². The Morgan fingerprint density at radius 2 is 1.39 bits per heavy atom. The standard InChI is InChI=1S/C40H61N3O6/c1-12-14-15-19-22-43(36(45)33(29(5)13-2)42-38(47)49-40(9,10)11)34(31-24-27(3)23-28(4)25-31)35(44)41-32(37(46)48-39(6,7)8)26-30-20-17-16-18-21-30/h16-18,20-21,23-25,29,32-34H,12-15,19,22,26H2,1-11H3,(H,41,44)(H,42,47). The molecule has 2 aromatic rings. The van der Waals surface area contributed by atoms with Gasteiger partial charge >= 0.3 is 12.1 Å². The molecule has 49 heavy (non-hydrogen) atoms. The number of nitrogens with zero attached hydrogens (tertiary/aromatic N) is 1. The van der Waals surface area contributed by atoms with Gasteiger partial charge in [-0.15, -0.1) is 0 Å². The number of aryl methyl sites for hydroxylation is 2. The fraction of sp³-hybridized carbons (Fsp3) is 0.600. The zero-order chi connectivity index (χ0) is 36.9. The van der Waals surface area contributed by atoms with Crippen LogP contribution in [0.4, 0.5) is 4.79 Å². The average Bonchev–Trinajstić information content (AvgIpc) is 2.98. The summed E-state index contributed by atoms with van der Waals surface area (Å²) in [5, 5.41) is 5.83. The van der Waals surface area contributed by atoms with Gasteiger partial charge in [-0.25, -0.2) is 9.59 Å². The molecule has 0 aromatic heterocycles. The number of ether oxygens (including phenoxy) is 2. The number of esters is 1. The van der Waals surface area contributed by atoms with Gasteiger partial charge in [0, 0.05) is 13.0 Å². The molecule has 0 saturated heterocycles. The van der Waals surface area contributed by atoms with Gasteiger partial charge in [-0.3, -0.25) is 9.59 Å². The molecule has 9 heteroatoms. The second-order valence-corrected chi connectivity index (χ2v) is 15.2. The van der Waals surface area contributed by atoms with E-state index < -0.39 is 47.3 Å². The number of unbranched alkanes of at least 4 members (excludes halogenated alkanes) is 3. The van der Waals surface area contributed by atoms with Crippen LogP contribution in [0.2, 0.25) is 0 Å². The van der Waals surface area contributed by atoms with Crippen LogP contribution in [0.25, 0.3) is 0 Å². The van der Waals surface area contributed by atoms with Gasteiger partial charge < -0.3 is 25.0 Å². The van der Waals surface area contributed by atoms with Crippen molar-refractivity contribution in [3.8, 4) is 0 Å². The number of nitrogens with one attached hydrogen (secondary N) is 2. The quantitative estimate of drug-likeness (QED) is 0.139. The van der Waals surface area contributed by atoms with Crippen molar-refractivity contribution in [3.05, 3.63) is 70.8 Å². The van der Waals surface area contributed by atoms with Crippen molar-refractivity contribution >= 4 is 23.9 Å². The molecule has 4 atom stereocenters. The van der Waals surface area contributed by atoms with Gasteiger partial charge in [-0.1, -0.05) is 106 Å². The van der Waals surface area contributed by atoms with Crippen LogP contribution >= 0.6 is 0 Å². The van der Waals surface area contributed by atoms with Crippen LogP contribution in [0.1, 0.15) is 123 Å². The molecule has 0 fully saturated rings. The number of alkyl carbamates (subject to hydrolysis) is 1. The van der Waals surface area contributed by atoms with Crippen LogP contribution < -0.4 is 10.6 Å². The number of carbonyl (C=O) groups is 4. The molecule has 0 bridgehead atoms. The summed E-state index contributed by atoms with van der Waals surface area (Å²) in [6.45, 7) is 20.8. The SMILES string of the molecule is CCCCCCN(C(=O)C(NC(=O)OC(C)(C)C)C(C)CC)C(C(=O)NC(Cc1ccccc1)C(=O)OC(C)(C)C)c1cc(C)cc(C)c1. The lowest BCUT2D eigenvalue weighted by Crippen LogP contribution is -2.56. The summed E-state index contributed by atoms with van der Waals surface area (Å²) in [4.78, 5) is 57.7. The highest BCUT2D eigenvalue weighted by Crippen LogP contribution is 2.28. The van der Waals surface area contributed by atoms with E-state index in [0.717, 1.165) is 36.0 Å². The van der Waals surface area contributed by atoms with Crippen LogP contribution in [0.5, 0.6) is 0 Å². The van der Waals surface area contributed by atoms with Crippen molar-refractivity contribution in [2.45, 2.75) is 144 Å². The lowest BCUT2D eigenvalue weighted by atomic mass is 9.94. The van der Waals surface area contributed by atoms with Gasteiger partial charge in [-0.2, -0.15) is 0 Å². The lowest BCUT2D eigenvalue weighted by Gasteiger charge is -2.37. The molecule has 0 radical (unpaired) electrons. The fourth-order valence-corrected chi connectivity index (χ4v) is 5.68. The molecule has 272 valence electrons. The van der Waals surface area contributed by atoms with E-state index in [-0.39, 0.29) is 24.8 Å². The van der Waals surface area contributed by atoms with E-state index in [1.165, 1.54) is 0 Å². The Morgan fingerprint density at radius 1 is 0.796 bits per heavy atom. The third kappa shape index (κ3) is 14.2. The van der Waals surface area contributed by atoms with Gasteiger partial charge in [-0.05, 0) is 78.9 Å². The number of hydrogen-bond donors (Lipinski definition) is 2. The van der Waals surface area contributed by atoms with Gasteiger partial charge in [0.25, 0.3) is 0 Å². The molecular weight excluding hydrogens is 618 g/mol. The fourth-order valence-electron chi connectivity index (χ4n) is 5.68. The molecule has 0 aliphatic carbocycles. The summed E-state index contributed by atoms with van der Waals surface area (Å²) in [5.41, 5.74) is 1.81. The molecule has 0 heterocycles. The first-order chi connectivity index (χ1) is 22.8. The summed E-state index contributed by atoms with van der Waals surface area (Å²) >= 11 is 0. The molecule has 0 spiro atoms. The minimum atomic E-state index is -1.08. The highest BCUT2D eigenvalue weighted by atomic mass is 16.6. The van der Waals surface area contributed by atoms with Gasteiger partial charge in [0.1, 0.15) is 29.3 Å². The molecule has 2 N–H and O–H groups in total. The third-order valence-corrected chi connectivity index (χ3v) is 8.10. The number of amides is 3. The highest BCUT2D eigenvalue weighted by Gasteiger charge is 2.39. The maximum Gasteiger partial charge on any atom is 0.408 e. The minimum absolute atomic E-state index is 0.210. The Kier molecular flexibility index (Phi) is 15.8. The highest BCUT2D eigenvalue weighted by molar-refractivity contribution is 5.94. The van der Waals surface area contributed by atoms with Crippen molar-refractivity contribution in [3.63, 3.8) is 0 Å². The molecule has 2 rings (SSSR count). The Morgan fingerprint density at radius 3 is 1.92 bits per heavy atom. The summed E-state index contributed by atoms with van der Waals surface area (Å²) in [6.07, 6.45) is 3.62. The van der Waals surface area contributed by atoms with Crippen LogP contribution in [-0.2, 0) is 30.3 Å². The maximum absolute atomic E-state index is 14.8. The molecule has 0 saturated carbocycles. The van der Waals surface area contributed by atoms with Gasteiger partial charge in [0.15, 0.2) is 0 Å². The van der Waals surface area contributed by atoms with Gasteiger partial charge in [0.2, 0.25) is 11.8 Å². The Hall–Kier alpha value is -3.88. The number of hydrogen-bond acceptors (Lipinski definition) is 6. The Balaban J connectivity index is 2.70. The second kappa shape index (κ2) is 18.8. The number of rotatable bonds is 16. The predicted molar refractivity (Wildman–Crippen MR) is 195 cm³/mol. The maximum atomic E-state index is 14.8. The van der Waals surface area contributed by atoms with Crippen molar-refractivity contribution < 1.29 is 28.7 Å². The number of benzene rings is 2. The normalized spacial score (nSPS) is 14.2. The van der Waals surface area contributed by atoms with E-state index in [1.54, 1.807) is 46.4 Å². The van der Waals surface area contributed by atoms with Crippen molar-refractivity contribution in [1.29, 1.82) is 0 Å². The molecule has 4 unspecified atom stereocenters. The number of carbonyl (C=O) groups excluding carboxylic acids is 4. The van der Waals surface area contributed by atoms with Crippen LogP contribution in [0.15, 0.2) is 48.5 Å². The van der Waals surface area contributed by atoms with Crippen molar-refractivity contribution in [2.75, 3.05) is 6.54 Å². The first-order valence-corrected chi connectivity index (χ1v) is 17.8. The molecule has 3 amide bonds. The molecule has 2 aromatic carbocycles. The van der Waals surface area contributed by atoms with Crippen molar-refractivity contribution in [1.82, 2.24) is 15.5 Å². The zero-order valence-electron chi connectivity index (χ0n) is 31.8. The predicted octanol–water partition coefficient (Wildman–Crippen LogP) is 7.76. The average molecular weight is 680 g/mol. The van der Waals surface area contributed by atoms with E-state index >= 15 is 0 Å². The van der Waals surface area contributed by atoms with E-state index in [0.29, 0.717) is 18.4 Å². The molecule has 0 aliphatic heterocycles. The largest absolute Gasteiger partial charge is 0.458 e. The van der Waals surface area contributed by atoms with Crippen LogP contribution in [0, 0.1) is 19.8 Å². The van der Waals surface area contributed by atoms with Crippen molar-refractivity contribution in [2.24, 2.45) is 5.92 Å².